The van der Waals surface area contributed by atoms with Gasteiger partial charge in [-0.15, -0.1) is 0 Å². The van der Waals surface area contributed by atoms with E-state index >= 15 is 0 Å². The number of likely N-dealkylation sites (N-methyl/N-ethyl adjacent to an activating group) is 1. The van der Waals surface area contributed by atoms with Gasteiger partial charge in [0.05, 0.1) is 0 Å². The van der Waals surface area contributed by atoms with Gasteiger partial charge in [-0.3, -0.25) is 4.90 Å². The van der Waals surface area contributed by atoms with Crippen LogP contribution in [-0.2, 0) is 0 Å². The predicted octanol–water partition coefficient (Wildman–Crippen LogP) is 2.18. The molecule has 0 spiro atoms. The zero-order chi connectivity index (χ0) is 13.5. The maximum absolute atomic E-state index is 3.61. The van der Waals surface area contributed by atoms with E-state index in [-0.39, 0.29) is 0 Å². The first-order chi connectivity index (χ1) is 8.54. The van der Waals surface area contributed by atoms with Crippen LogP contribution in [0.3, 0.4) is 0 Å². The smallest absolute Gasteiger partial charge is 0.0226 e. The van der Waals surface area contributed by atoms with E-state index < -0.39 is 0 Å². The number of nitrogens with zero attached hydrogens (tertiary/aromatic N) is 2. The molecule has 0 aromatic heterocycles. The van der Waals surface area contributed by atoms with Crippen molar-refractivity contribution >= 4 is 0 Å². The summed E-state index contributed by atoms with van der Waals surface area (Å²) >= 11 is 0. The van der Waals surface area contributed by atoms with Gasteiger partial charge < -0.3 is 10.2 Å². The summed E-state index contributed by atoms with van der Waals surface area (Å²) in [6, 6.07) is 2.12. The molecule has 1 N–H and O–H groups in total. The summed E-state index contributed by atoms with van der Waals surface area (Å²) in [5.74, 6) is 0. The van der Waals surface area contributed by atoms with Crippen molar-refractivity contribution in [2.75, 3.05) is 33.7 Å². The Morgan fingerprint density at radius 3 is 2.67 bits per heavy atom. The van der Waals surface area contributed by atoms with Gasteiger partial charge in [0, 0.05) is 24.7 Å². The van der Waals surface area contributed by atoms with E-state index in [4.69, 9.17) is 0 Å². The SMILES string of the molecule is CCCNC(C)CC(C)N1CCCC1CN(C)C. The lowest BCUT2D eigenvalue weighted by Gasteiger charge is -2.33. The molecule has 0 aromatic carbocycles. The second kappa shape index (κ2) is 8.13. The number of nitrogens with one attached hydrogen (secondary N) is 1. The molecule has 1 aliphatic heterocycles. The van der Waals surface area contributed by atoms with Gasteiger partial charge >= 0.3 is 0 Å². The third-order valence-corrected chi connectivity index (χ3v) is 4.00. The van der Waals surface area contributed by atoms with Crippen LogP contribution in [0.25, 0.3) is 0 Å². The van der Waals surface area contributed by atoms with Crippen LogP contribution in [0.1, 0.15) is 46.5 Å². The van der Waals surface area contributed by atoms with Gasteiger partial charge in [-0.25, -0.2) is 0 Å². The zero-order valence-electron chi connectivity index (χ0n) is 13.1. The fourth-order valence-electron chi connectivity index (χ4n) is 3.18. The second-order valence-corrected chi connectivity index (χ2v) is 6.24. The highest BCUT2D eigenvalue weighted by Crippen LogP contribution is 2.22. The highest BCUT2D eigenvalue weighted by molar-refractivity contribution is 4.85. The van der Waals surface area contributed by atoms with Gasteiger partial charge in [0.2, 0.25) is 0 Å². The molecule has 0 aromatic rings. The lowest BCUT2D eigenvalue weighted by Crippen LogP contribution is -2.45. The molecule has 0 radical (unpaired) electrons. The molecule has 1 saturated heterocycles. The van der Waals surface area contributed by atoms with E-state index in [1.807, 2.05) is 0 Å². The largest absolute Gasteiger partial charge is 0.314 e. The fourth-order valence-corrected chi connectivity index (χ4v) is 3.18. The molecule has 108 valence electrons. The number of hydrogen-bond acceptors (Lipinski definition) is 3. The Hall–Kier alpha value is -0.120. The van der Waals surface area contributed by atoms with Crippen LogP contribution in [0.15, 0.2) is 0 Å². The first-order valence-corrected chi connectivity index (χ1v) is 7.68. The summed E-state index contributed by atoms with van der Waals surface area (Å²) in [5, 5.41) is 3.61. The molecule has 0 bridgehead atoms. The Balaban J connectivity index is 2.37. The zero-order valence-corrected chi connectivity index (χ0v) is 13.1. The van der Waals surface area contributed by atoms with Crippen molar-refractivity contribution in [3.8, 4) is 0 Å². The predicted molar refractivity (Wildman–Crippen MR) is 80.1 cm³/mol. The minimum absolute atomic E-state index is 0.639. The molecular weight excluding hydrogens is 222 g/mol. The van der Waals surface area contributed by atoms with Crippen molar-refractivity contribution in [3.63, 3.8) is 0 Å². The van der Waals surface area contributed by atoms with Crippen LogP contribution < -0.4 is 5.32 Å². The molecule has 3 atom stereocenters. The summed E-state index contributed by atoms with van der Waals surface area (Å²) in [6.45, 7) is 10.6. The Labute approximate surface area is 114 Å². The Bertz CT molecular complexity index is 218. The fraction of sp³-hybridized carbons (Fsp3) is 1.00. The molecule has 3 heteroatoms. The Kier molecular flexibility index (Phi) is 7.20. The maximum Gasteiger partial charge on any atom is 0.0226 e. The molecule has 1 heterocycles. The highest BCUT2D eigenvalue weighted by atomic mass is 15.2. The molecule has 3 unspecified atom stereocenters. The number of likely N-dealkylation sites (tertiary alicyclic amines) is 1. The number of rotatable bonds is 8. The van der Waals surface area contributed by atoms with Crippen LogP contribution in [0.5, 0.6) is 0 Å². The van der Waals surface area contributed by atoms with Crippen molar-refractivity contribution < 1.29 is 0 Å². The average molecular weight is 255 g/mol. The second-order valence-electron chi connectivity index (χ2n) is 6.24. The third-order valence-electron chi connectivity index (χ3n) is 4.00. The molecule has 0 saturated carbocycles. The van der Waals surface area contributed by atoms with E-state index in [1.165, 1.54) is 38.8 Å². The lowest BCUT2D eigenvalue weighted by molar-refractivity contribution is 0.148. The van der Waals surface area contributed by atoms with Crippen molar-refractivity contribution in [1.82, 2.24) is 15.1 Å². The molecule has 18 heavy (non-hydrogen) atoms. The van der Waals surface area contributed by atoms with E-state index in [2.05, 4.69) is 50.0 Å². The molecule has 1 rings (SSSR count). The van der Waals surface area contributed by atoms with Crippen LogP contribution in [0, 0.1) is 0 Å². The van der Waals surface area contributed by atoms with Gasteiger partial charge in [-0.05, 0) is 66.7 Å². The van der Waals surface area contributed by atoms with Crippen LogP contribution in [0.4, 0.5) is 0 Å². The number of hydrogen-bond donors (Lipinski definition) is 1. The summed E-state index contributed by atoms with van der Waals surface area (Å²) in [7, 11) is 4.37. The highest BCUT2D eigenvalue weighted by Gasteiger charge is 2.29. The lowest BCUT2D eigenvalue weighted by atomic mass is 10.1. The average Bonchev–Trinajstić information content (AvgIpc) is 2.73. The summed E-state index contributed by atoms with van der Waals surface area (Å²) in [6.07, 6.45) is 5.24. The molecule has 0 aliphatic carbocycles. The molecular formula is C15H33N3. The van der Waals surface area contributed by atoms with Gasteiger partial charge in [-0.2, -0.15) is 0 Å². The van der Waals surface area contributed by atoms with Crippen molar-refractivity contribution in [2.24, 2.45) is 0 Å². The van der Waals surface area contributed by atoms with Gasteiger partial charge in [0.15, 0.2) is 0 Å². The minimum atomic E-state index is 0.639. The maximum atomic E-state index is 3.61. The van der Waals surface area contributed by atoms with Gasteiger partial charge in [0.25, 0.3) is 0 Å². The van der Waals surface area contributed by atoms with Gasteiger partial charge in [0.1, 0.15) is 0 Å². The van der Waals surface area contributed by atoms with Crippen LogP contribution >= 0.6 is 0 Å². The summed E-state index contributed by atoms with van der Waals surface area (Å²) < 4.78 is 0. The summed E-state index contributed by atoms with van der Waals surface area (Å²) in [5.41, 5.74) is 0. The van der Waals surface area contributed by atoms with Crippen molar-refractivity contribution in [1.29, 1.82) is 0 Å². The molecule has 0 amide bonds. The van der Waals surface area contributed by atoms with Crippen molar-refractivity contribution in [2.45, 2.75) is 64.6 Å². The van der Waals surface area contributed by atoms with E-state index in [9.17, 15) is 0 Å². The van der Waals surface area contributed by atoms with Gasteiger partial charge in [-0.1, -0.05) is 6.92 Å². The minimum Gasteiger partial charge on any atom is -0.314 e. The monoisotopic (exact) mass is 255 g/mol. The molecule has 3 nitrogen and oxygen atoms in total. The summed E-state index contributed by atoms with van der Waals surface area (Å²) in [4.78, 5) is 5.05. The van der Waals surface area contributed by atoms with Crippen molar-refractivity contribution in [3.05, 3.63) is 0 Å². The molecule has 1 fully saturated rings. The Morgan fingerprint density at radius 1 is 1.33 bits per heavy atom. The standard InChI is InChI=1S/C15H33N3/c1-6-9-16-13(2)11-14(3)18-10-7-8-15(18)12-17(4)5/h13-16H,6-12H2,1-5H3. The molecule has 1 aliphatic rings. The third kappa shape index (κ3) is 5.25. The van der Waals surface area contributed by atoms with E-state index in [0.29, 0.717) is 12.1 Å². The quantitative estimate of drug-likeness (QED) is 0.717. The van der Waals surface area contributed by atoms with Crippen LogP contribution in [0.2, 0.25) is 0 Å². The Morgan fingerprint density at radius 2 is 2.06 bits per heavy atom. The van der Waals surface area contributed by atoms with E-state index in [1.54, 1.807) is 0 Å². The van der Waals surface area contributed by atoms with Crippen LogP contribution in [-0.4, -0.2) is 61.7 Å². The topological polar surface area (TPSA) is 18.5 Å². The normalized spacial score (nSPS) is 24.7. The first-order valence-electron chi connectivity index (χ1n) is 7.68. The first kappa shape index (κ1) is 15.9. The van der Waals surface area contributed by atoms with E-state index in [0.717, 1.165) is 12.6 Å².